The van der Waals surface area contributed by atoms with E-state index in [4.69, 9.17) is 0 Å². The van der Waals surface area contributed by atoms with Gasteiger partial charge in [0, 0.05) is 48.9 Å². The van der Waals surface area contributed by atoms with E-state index in [1.807, 2.05) is 12.5 Å². The average Bonchev–Trinajstić information content (AvgIpc) is 2.87. The van der Waals surface area contributed by atoms with Crippen molar-refractivity contribution in [1.29, 1.82) is 0 Å². The Morgan fingerprint density at radius 2 is 2.17 bits per heavy atom. The summed E-state index contributed by atoms with van der Waals surface area (Å²) in [5.41, 5.74) is 1.84. The Kier molecular flexibility index (Phi) is 2.80. The number of fused-ring (bicyclic) bond motifs is 1. The van der Waals surface area contributed by atoms with Gasteiger partial charge in [-0.1, -0.05) is 0 Å². The Balaban J connectivity index is 1.67. The van der Waals surface area contributed by atoms with Crippen LogP contribution in [0.2, 0.25) is 0 Å². The van der Waals surface area contributed by atoms with Gasteiger partial charge in [0.05, 0.1) is 6.33 Å². The molecular weight excluding hydrogens is 228 g/mol. The van der Waals surface area contributed by atoms with Crippen molar-refractivity contribution in [2.24, 2.45) is 0 Å². The third-order valence-electron chi connectivity index (χ3n) is 3.25. The van der Waals surface area contributed by atoms with Crippen LogP contribution in [0.3, 0.4) is 0 Å². The van der Waals surface area contributed by atoms with E-state index in [0.717, 1.165) is 19.4 Å². The summed E-state index contributed by atoms with van der Waals surface area (Å²) in [5.74, 6) is -0.0321. The number of nitrogens with one attached hydrogen (secondary N) is 1. The van der Waals surface area contributed by atoms with Gasteiger partial charge in [-0.25, -0.2) is 4.98 Å². The van der Waals surface area contributed by atoms with Gasteiger partial charge in [-0.05, 0) is 18.6 Å². The number of rotatable bonds is 2. The standard InChI is InChI=1S/C13H14N4O/c18-13(10-1-4-14-5-2-10)16-11-3-6-17-9-15-8-12(17)7-11/h1-2,4-5,8-9,11H,3,6-7H2,(H,16,18). The molecule has 1 unspecified atom stereocenters. The molecule has 0 aliphatic carbocycles. The molecule has 0 spiro atoms. The Hall–Kier alpha value is -2.17. The molecule has 18 heavy (non-hydrogen) atoms. The van der Waals surface area contributed by atoms with Crippen molar-refractivity contribution >= 4 is 5.91 Å². The summed E-state index contributed by atoms with van der Waals surface area (Å²) in [6, 6.07) is 3.64. The molecule has 2 aromatic heterocycles. The quantitative estimate of drug-likeness (QED) is 0.855. The smallest absolute Gasteiger partial charge is 0.251 e. The lowest BCUT2D eigenvalue weighted by atomic mass is 10.0. The van der Waals surface area contributed by atoms with Crippen molar-refractivity contribution in [3.63, 3.8) is 0 Å². The molecule has 3 heterocycles. The molecule has 2 aromatic rings. The Morgan fingerprint density at radius 1 is 1.33 bits per heavy atom. The number of aryl methyl sites for hydroxylation is 1. The number of carbonyl (C=O) groups is 1. The van der Waals surface area contributed by atoms with Crippen LogP contribution in [0, 0.1) is 0 Å². The van der Waals surface area contributed by atoms with Crippen LogP contribution in [0.5, 0.6) is 0 Å². The third-order valence-corrected chi connectivity index (χ3v) is 3.25. The third kappa shape index (κ3) is 2.11. The number of imidazole rings is 1. The fourth-order valence-corrected chi connectivity index (χ4v) is 2.26. The lowest BCUT2D eigenvalue weighted by molar-refractivity contribution is 0.0931. The van der Waals surface area contributed by atoms with Crippen molar-refractivity contribution in [3.8, 4) is 0 Å². The van der Waals surface area contributed by atoms with Crippen LogP contribution in [0.4, 0.5) is 0 Å². The molecule has 0 saturated carbocycles. The van der Waals surface area contributed by atoms with Crippen molar-refractivity contribution in [2.45, 2.75) is 25.4 Å². The summed E-state index contributed by atoms with van der Waals surface area (Å²) in [7, 11) is 0. The largest absolute Gasteiger partial charge is 0.349 e. The molecule has 1 atom stereocenters. The van der Waals surface area contributed by atoms with Crippen LogP contribution >= 0.6 is 0 Å². The maximum Gasteiger partial charge on any atom is 0.251 e. The second kappa shape index (κ2) is 4.60. The van der Waals surface area contributed by atoms with Crippen LogP contribution < -0.4 is 5.32 Å². The number of carbonyl (C=O) groups excluding carboxylic acids is 1. The van der Waals surface area contributed by atoms with Gasteiger partial charge in [-0.3, -0.25) is 9.78 Å². The van der Waals surface area contributed by atoms with Gasteiger partial charge >= 0.3 is 0 Å². The van der Waals surface area contributed by atoms with E-state index in [1.54, 1.807) is 24.5 Å². The zero-order chi connectivity index (χ0) is 12.4. The van der Waals surface area contributed by atoms with Crippen molar-refractivity contribution in [2.75, 3.05) is 0 Å². The van der Waals surface area contributed by atoms with Gasteiger partial charge in [0.25, 0.3) is 5.91 Å². The van der Waals surface area contributed by atoms with Gasteiger partial charge in [0.1, 0.15) is 0 Å². The molecule has 92 valence electrons. The molecule has 5 heteroatoms. The molecule has 0 radical (unpaired) electrons. The van der Waals surface area contributed by atoms with E-state index < -0.39 is 0 Å². The molecule has 1 aliphatic rings. The highest BCUT2D eigenvalue weighted by molar-refractivity contribution is 5.94. The molecule has 1 aliphatic heterocycles. The maximum absolute atomic E-state index is 12.0. The van der Waals surface area contributed by atoms with E-state index in [9.17, 15) is 4.79 Å². The Morgan fingerprint density at radius 3 is 3.00 bits per heavy atom. The molecule has 1 amide bonds. The van der Waals surface area contributed by atoms with E-state index >= 15 is 0 Å². The topological polar surface area (TPSA) is 59.8 Å². The highest BCUT2D eigenvalue weighted by Crippen LogP contribution is 2.14. The summed E-state index contributed by atoms with van der Waals surface area (Å²) in [6.07, 6.45) is 8.76. The summed E-state index contributed by atoms with van der Waals surface area (Å²) in [6.45, 7) is 0.913. The molecular formula is C13H14N4O. The van der Waals surface area contributed by atoms with E-state index in [1.165, 1.54) is 5.69 Å². The molecule has 0 aromatic carbocycles. The fourth-order valence-electron chi connectivity index (χ4n) is 2.26. The van der Waals surface area contributed by atoms with E-state index in [-0.39, 0.29) is 11.9 Å². The summed E-state index contributed by atoms with van der Waals surface area (Å²) >= 11 is 0. The Bertz CT molecular complexity index is 549. The van der Waals surface area contributed by atoms with Crippen molar-refractivity contribution < 1.29 is 4.79 Å². The lowest BCUT2D eigenvalue weighted by Gasteiger charge is -2.24. The molecule has 0 saturated heterocycles. The van der Waals surface area contributed by atoms with E-state index in [0.29, 0.717) is 5.56 Å². The molecule has 0 bridgehead atoms. The second-order valence-corrected chi connectivity index (χ2v) is 4.48. The minimum Gasteiger partial charge on any atom is -0.349 e. The van der Waals surface area contributed by atoms with Crippen molar-refractivity contribution in [3.05, 3.63) is 48.3 Å². The molecule has 0 fully saturated rings. The maximum atomic E-state index is 12.0. The number of hydrogen-bond donors (Lipinski definition) is 1. The fraction of sp³-hybridized carbons (Fsp3) is 0.308. The van der Waals surface area contributed by atoms with Gasteiger partial charge in [0.2, 0.25) is 0 Å². The highest BCUT2D eigenvalue weighted by atomic mass is 16.1. The Labute approximate surface area is 105 Å². The molecule has 1 N–H and O–H groups in total. The summed E-state index contributed by atoms with van der Waals surface area (Å²) in [5, 5.41) is 3.06. The minimum atomic E-state index is -0.0321. The predicted molar refractivity (Wildman–Crippen MR) is 66.0 cm³/mol. The normalized spacial score (nSPS) is 18.1. The van der Waals surface area contributed by atoms with Gasteiger partial charge in [0.15, 0.2) is 0 Å². The predicted octanol–water partition coefficient (Wildman–Crippen LogP) is 1.02. The number of nitrogens with zero attached hydrogens (tertiary/aromatic N) is 3. The van der Waals surface area contributed by atoms with Crippen molar-refractivity contribution in [1.82, 2.24) is 19.9 Å². The molecule has 5 nitrogen and oxygen atoms in total. The zero-order valence-electron chi connectivity index (χ0n) is 9.91. The first kappa shape index (κ1) is 11.0. The number of hydrogen-bond acceptors (Lipinski definition) is 3. The number of aromatic nitrogens is 3. The van der Waals surface area contributed by atoms with Gasteiger partial charge in [-0.2, -0.15) is 0 Å². The van der Waals surface area contributed by atoms with Crippen LogP contribution in [0.25, 0.3) is 0 Å². The zero-order valence-corrected chi connectivity index (χ0v) is 9.91. The lowest BCUT2D eigenvalue weighted by Crippen LogP contribution is -2.39. The average molecular weight is 242 g/mol. The van der Waals surface area contributed by atoms with Gasteiger partial charge < -0.3 is 9.88 Å². The minimum absolute atomic E-state index is 0.0321. The van der Waals surface area contributed by atoms with Crippen LogP contribution in [-0.4, -0.2) is 26.5 Å². The number of pyridine rings is 1. The summed E-state index contributed by atoms with van der Waals surface area (Å²) in [4.78, 5) is 20.0. The highest BCUT2D eigenvalue weighted by Gasteiger charge is 2.20. The van der Waals surface area contributed by atoms with Gasteiger partial charge in [-0.15, -0.1) is 0 Å². The van der Waals surface area contributed by atoms with Crippen LogP contribution in [0.15, 0.2) is 37.1 Å². The molecule has 3 rings (SSSR count). The second-order valence-electron chi connectivity index (χ2n) is 4.48. The first-order valence-corrected chi connectivity index (χ1v) is 6.03. The SMILES string of the molecule is O=C(NC1CCn2cncc2C1)c1ccncc1. The van der Waals surface area contributed by atoms with Crippen LogP contribution in [-0.2, 0) is 13.0 Å². The van der Waals surface area contributed by atoms with E-state index in [2.05, 4.69) is 19.9 Å². The summed E-state index contributed by atoms with van der Waals surface area (Å²) < 4.78 is 2.13. The first-order chi connectivity index (χ1) is 8.83. The van der Waals surface area contributed by atoms with Crippen LogP contribution in [0.1, 0.15) is 22.5 Å². The first-order valence-electron chi connectivity index (χ1n) is 6.03. The monoisotopic (exact) mass is 242 g/mol. The number of amides is 1.